The topological polar surface area (TPSA) is 69.0 Å². The monoisotopic (exact) mass is 272 g/mol. The lowest BCUT2D eigenvalue weighted by Crippen LogP contribution is -2.33. The van der Waals surface area contributed by atoms with Crippen LogP contribution in [0.15, 0.2) is 31.2 Å². The Bertz CT molecular complexity index is 574. The molecule has 0 aliphatic carbocycles. The van der Waals surface area contributed by atoms with Crippen LogP contribution in [-0.4, -0.2) is 50.0 Å². The first-order chi connectivity index (χ1) is 9.85. The minimum atomic E-state index is -0.0630. The Kier molecular flexibility index (Phi) is 2.66. The average molecular weight is 272 g/mol. The summed E-state index contributed by atoms with van der Waals surface area (Å²) >= 11 is 0. The molecule has 2 aromatic rings. The number of rotatable bonds is 2. The van der Waals surface area contributed by atoms with Crippen molar-refractivity contribution in [2.24, 2.45) is 0 Å². The average Bonchev–Trinajstić information content (AvgIpc) is 3.22. The van der Waals surface area contributed by atoms with Crippen LogP contribution in [0.4, 0.5) is 5.82 Å². The molecular formula is C13H16N6O. The van der Waals surface area contributed by atoms with Crippen LogP contribution < -0.4 is 4.90 Å². The summed E-state index contributed by atoms with van der Waals surface area (Å²) in [5, 5.41) is 7.75. The number of hydrogen-bond acceptors (Lipinski definition) is 6. The summed E-state index contributed by atoms with van der Waals surface area (Å²) in [5.41, 5.74) is -0.0630. The molecule has 1 spiro atoms. The molecule has 20 heavy (non-hydrogen) atoms. The van der Waals surface area contributed by atoms with Crippen molar-refractivity contribution in [2.45, 2.75) is 24.5 Å². The molecular weight excluding hydrogens is 256 g/mol. The Hall–Kier alpha value is -2.02. The van der Waals surface area contributed by atoms with Crippen molar-refractivity contribution in [3.63, 3.8) is 0 Å². The lowest BCUT2D eigenvalue weighted by molar-refractivity contribution is 0.0220. The molecule has 7 heteroatoms. The summed E-state index contributed by atoms with van der Waals surface area (Å²) in [6.07, 6.45) is 10.8. The summed E-state index contributed by atoms with van der Waals surface area (Å²) in [6, 6.07) is 0.340. The molecule has 2 saturated heterocycles. The summed E-state index contributed by atoms with van der Waals surface area (Å²) in [5.74, 6) is 0.931. The first-order valence-corrected chi connectivity index (χ1v) is 6.84. The predicted molar refractivity (Wildman–Crippen MR) is 71.2 cm³/mol. The zero-order valence-corrected chi connectivity index (χ0v) is 11.1. The van der Waals surface area contributed by atoms with Crippen LogP contribution >= 0.6 is 0 Å². The van der Waals surface area contributed by atoms with Gasteiger partial charge in [0.25, 0.3) is 0 Å². The molecule has 0 bridgehead atoms. The van der Waals surface area contributed by atoms with Crippen molar-refractivity contribution in [3.05, 3.63) is 31.2 Å². The molecule has 2 aromatic heterocycles. The molecule has 4 rings (SSSR count). The SMILES string of the molecule is c1cnc(N2CCC3(CC(n4cnnc4)CO3)C2)cn1. The van der Waals surface area contributed by atoms with E-state index in [0.717, 1.165) is 38.4 Å². The van der Waals surface area contributed by atoms with E-state index in [0.29, 0.717) is 6.04 Å². The van der Waals surface area contributed by atoms with E-state index in [2.05, 4.69) is 25.1 Å². The number of nitrogens with zero attached hydrogens (tertiary/aromatic N) is 6. The van der Waals surface area contributed by atoms with Gasteiger partial charge < -0.3 is 14.2 Å². The third-order valence-corrected chi connectivity index (χ3v) is 4.24. The maximum absolute atomic E-state index is 6.12. The van der Waals surface area contributed by atoms with Gasteiger partial charge in [-0.3, -0.25) is 4.98 Å². The normalized spacial score (nSPS) is 29.4. The fourth-order valence-electron chi connectivity index (χ4n) is 3.19. The van der Waals surface area contributed by atoms with Crippen LogP contribution in [0, 0.1) is 0 Å². The maximum Gasteiger partial charge on any atom is 0.147 e. The van der Waals surface area contributed by atoms with Crippen molar-refractivity contribution in [1.82, 2.24) is 24.7 Å². The van der Waals surface area contributed by atoms with E-state index in [1.54, 1.807) is 25.0 Å². The minimum Gasteiger partial charge on any atom is -0.371 e. The molecule has 0 aromatic carbocycles. The lowest BCUT2D eigenvalue weighted by Gasteiger charge is -2.23. The highest BCUT2D eigenvalue weighted by Crippen LogP contribution is 2.40. The fraction of sp³-hybridized carbons (Fsp3) is 0.538. The molecule has 0 amide bonds. The third kappa shape index (κ3) is 1.94. The second kappa shape index (κ2) is 4.52. The molecule has 2 fully saturated rings. The van der Waals surface area contributed by atoms with Crippen LogP contribution in [0.3, 0.4) is 0 Å². The molecule has 104 valence electrons. The van der Waals surface area contributed by atoms with Gasteiger partial charge in [-0.15, -0.1) is 10.2 Å². The van der Waals surface area contributed by atoms with E-state index in [-0.39, 0.29) is 5.60 Å². The van der Waals surface area contributed by atoms with Crippen LogP contribution in [0.2, 0.25) is 0 Å². The molecule has 2 unspecified atom stereocenters. The van der Waals surface area contributed by atoms with Gasteiger partial charge in [0.05, 0.1) is 24.4 Å². The second-order valence-electron chi connectivity index (χ2n) is 5.50. The van der Waals surface area contributed by atoms with Gasteiger partial charge in [-0.05, 0) is 6.42 Å². The van der Waals surface area contributed by atoms with Crippen LogP contribution in [0.25, 0.3) is 0 Å². The van der Waals surface area contributed by atoms with Crippen molar-refractivity contribution >= 4 is 5.82 Å². The zero-order valence-electron chi connectivity index (χ0n) is 11.1. The molecule has 0 radical (unpaired) electrons. The van der Waals surface area contributed by atoms with E-state index in [9.17, 15) is 0 Å². The maximum atomic E-state index is 6.12. The van der Waals surface area contributed by atoms with Gasteiger partial charge in [0.15, 0.2) is 0 Å². The Morgan fingerprint density at radius 1 is 1.25 bits per heavy atom. The number of aromatic nitrogens is 5. The van der Waals surface area contributed by atoms with Gasteiger partial charge in [0.1, 0.15) is 18.5 Å². The van der Waals surface area contributed by atoms with E-state index in [4.69, 9.17) is 4.74 Å². The van der Waals surface area contributed by atoms with Crippen LogP contribution in [-0.2, 0) is 4.74 Å². The van der Waals surface area contributed by atoms with Crippen molar-refractivity contribution < 1.29 is 4.74 Å². The second-order valence-corrected chi connectivity index (χ2v) is 5.50. The standard InChI is InChI=1S/C13H16N6O/c1-4-18(12-6-14-2-3-15-12)8-13(1)5-11(7-20-13)19-9-16-17-10-19/h2-3,6,9-11H,1,4-5,7-8H2. The number of ether oxygens (including phenoxy) is 1. The van der Waals surface area contributed by atoms with Crippen molar-refractivity contribution in [2.75, 3.05) is 24.6 Å². The largest absolute Gasteiger partial charge is 0.371 e. The predicted octanol–water partition coefficient (Wildman–Crippen LogP) is 0.679. The summed E-state index contributed by atoms with van der Waals surface area (Å²) in [4.78, 5) is 10.8. The van der Waals surface area contributed by atoms with Gasteiger partial charge in [0.2, 0.25) is 0 Å². The van der Waals surface area contributed by atoms with Gasteiger partial charge >= 0.3 is 0 Å². The van der Waals surface area contributed by atoms with E-state index >= 15 is 0 Å². The van der Waals surface area contributed by atoms with Crippen LogP contribution in [0.5, 0.6) is 0 Å². The highest BCUT2D eigenvalue weighted by Gasteiger charge is 2.46. The fourth-order valence-corrected chi connectivity index (χ4v) is 3.19. The minimum absolute atomic E-state index is 0.0630. The van der Waals surface area contributed by atoms with Crippen molar-refractivity contribution in [1.29, 1.82) is 0 Å². The quantitative estimate of drug-likeness (QED) is 0.800. The molecule has 2 aliphatic rings. The summed E-state index contributed by atoms with van der Waals surface area (Å²) < 4.78 is 8.16. The molecule has 4 heterocycles. The van der Waals surface area contributed by atoms with Gasteiger partial charge in [-0.2, -0.15) is 0 Å². The molecule has 7 nitrogen and oxygen atoms in total. The summed E-state index contributed by atoms with van der Waals surface area (Å²) in [6.45, 7) is 2.57. The molecule has 2 aliphatic heterocycles. The first-order valence-electron chi connectivity index (χ1n) is 6.84. The van der Waals surface area contributed by atoms with Gasteiger partial charge in [-0.25, -0.2) is 4.98 Å². The zero-order chi connectivity index (χ0) is 13.4. The van der Waals surface area contributed by atoms with Gasteiger partial charge in [0, 0.05) is 31.9 Å². The summed E-state index contributed by atoms with van der Waals surface area (Å²) in [7, 11) is 0. The molecule has 0 N–H and O–H groups in total. The number of anilines is 1. The van der Waals surface area contributed by atoms with Gasteiger partial charge in [-0.1, -0.05) is 0 Å². The third-order valence-electron chi connectivity index (χ3n) is 4.24. The smallest absolute Gasteiger partial charge is 0.147 e. The highest BCUT2D eigenvalue weighted by molar-refractivity contribution is 5.38. The Morgan fingerprint density at radius 2 is 2.15 bits per heavy atom. The van der Waals surface area contributed by atoms with E-state index in [1.807, 2.05) is 10.8 Å². The first kappa shape index (κ1) is 11.8. The number of hydrogen-bond donors (Lipinski definition) is 0. The Labute approximate surface area is 116 Å². The molecule has 2 atom stereocenters. The molecule has 0 saturated carbocycles. The highest BCUT2D eigenvalue weighted by atomic mass is 16.5. The van der Waals surface area contributed by atoms with Crippen LogP contribution in [0.1, 0.15) is 18.9 Å². The van der Waals surface area contributed by atoms with E-state index in [1.165, 1.54) is 0 Å². The Balaban J connectivity index is 1.48. The van der Waals surface area contributed by atoms with E-state index < -0.39 is 0 Å². The van der Waals surface area contributed by atoms with Crippen molar-refractivity contribution in [3.8, 4) is 0 Å². The lowest BCUT2D eigenvalue weighted by atomic mass is 9.97. The Morgan fingerprint density at radius 3 is 2.95 bits per heavy atom.